The molecule has 2 nitrogen and oxygen atoms in total. The van der Waals surface area contributed by atoms with Crippen molar-refractivity contribution in [2.24, 2.45) is 0 Å². The average Bonchev–Trinajstić information content (AvgIpc) is 2.34. The van der Waals surface area contributed by atoms with Gasteiger partial charge in [-0.15, -0.1) is 0 Å². The fourth-order valence-electron chi connectivity index (χ4n) is 2.27. The molecule has 0 bridgehead atoms. The largest absolute Gasteiger partial charge is 1.00 e. The summed E-state index contributed by atoms with van der Waals surface area (Å²) < 4.78 is 0.643. The van der Waals surface area contributed by atoms with E-state index < -0.39 is 0 Å². The second-order valence-corrected chi connectivity index (χ2v) is 5.89. The molecule has 0 radical (unpaired) electrons. The van der Waals surface area contributed by atoms with Crippen LogP contribution in [0.4, 0.5) is 0 Å². The van der Waals surface area contributed by atoms with Crippen molar-refractivity contribution in [1.82, 2.24) is 9.80 Å². The Morgan fingerprint density at radius 2 is 1.56 bits per heavy atom. The van der Waals surface area contributed by atoms with Gasteiger partial charge >= 0.3 is 29.6 Å². The molecule has 1 heterocycles. The molecule has 1 saturated heterocycles. The number of hydrogen-bond acceptors (Lipinski definition) is 3. The van der Waals surface area contributed by atoms with E-state index in [2.05, 4.69) is 16.7 Å². The van der Waals surface area contributed by atoms with Gasteiger partial charge < -0.3 is 29.7 Å². The Morgan fingerprint density at radius 1 is 1.00 bits per heavy atom. The molecular weight excluding hydrogens is 271 g/mol. The molecule has 0 atom stereocenters. The van der Waals surface area contributed by atoms with Gasteiger partial charge in [0.05, 0.1) is 0 Å². The summed E-state index contributed by atoms with van der Waals surface area (Å²) in [6.07, 6.45) is 8.29. The van der Waals surface area contributed by atoms with Gasteiger partial charge in [-0.1, -0.05) is 43.3 Å². The third kappa shape index (κ3) is 8.28. The van der Waals surface area contributed by atoms with Crippen LogP contribution in [0.25, 0.3) is 0 Å². The Morgan fingerprint density at radius 3 is 2.11 bits per heavy atom. The van der Waals surface area contributed by atoms with Gasteiger partial charge in [-0.3, -0.25) is 4.90 Å². The molecule has 0 aromatic carbocycles. The Labute approximate surface area is 146 Å². The molecule has 0 amide bonds. The summed E-state index contributed by atoms with van der Waals surface area (Å²) in [4.78, 5) is 4.69. The molecule has 0 aliphatic carbocycles. The molecule has 1 aliphatic heterocycles. The fourth-order valence-corrected chi connectivity index (χ4v) is 2.63. The third-order valence-electron chi connectivity index (χ3n) is 3.46. The average molecular weight is 296 g/mol. The number of unbranched alkanes of at least 4 members (excludes halogenated alkanes) is 5. The number of nitrogens with zero attached hydrogens (tertiary/aromatic N) is 2. The van der Waals surface area contributed by atoms with Gasteiger partial charge in [-0.25, -0.2) is 0 Å². The topological polar surface area (TPSA) is 6.48 Å². The standard InChI is InChI=1S/C13H26N2S2.Na/c1-2-3-4-5-6-7-8-14-9-11-15(12-10-14)13(16)17;/h2-12H2,1H3,(H,16,17);/q;+1/p-1. The van der Waals surface area contributed by atoms with Crippen LogP contribution >= 0.6 is 12.2 Å². The van der Waals surface area contributed by atoms with E-state index in [0.717, 1.165) is 26.2 Å². The fraction of sp³-hybridized carbons (Fsp3) is 0.923. The van der Waals surface area contributed by atoms with E-state index in [4.69, 9.17) is 24.8 Å². The first-order chi connectivity index (χ1) is 8.24. The molecular formula is C13H25N2NaS2. The molecule has 5 heteroatoms. The quantitative estimate of drug-likeness (QED) is 0.278. The van der Waals surface area contributed by atoms with E-state index in [1.165, 1.54) is 45.1 Å². The number of rotatable bonds is 7. The van der Waals surface area contributed by atoms with Crippen LogP contribution in [-0.4, -0.2) is 46.8 Å². The summed E-state index contributed by atoms with van der Waals surface area (Å²) in [6.45, 7) is 7.83. The minimum atomic E-state index is 0. The van der Waals surface area contributed by atoms with Crippen LogP contribution in [-0.2, 0) is 12.6 Å². The van der Waals surface area contributed by atoms with E-state index in [1.807, 2.05) is 0 Å². The van der Waals surface area contributed by atoms with E-state index in [-0.39, 0.29) is 29.6 Å². The van der Waals surface area contributed by atoms with Gasteiger partial charge in [-0.2, -0.15) is 0 Å². The van der Waals surface area contributed by atoms with Gasteiger partial charge in [0.15, 0.2) is 0 Å². The zero-order valence-electron chi connectivity index (χ0n) is 12.0. The monoisotopic (exact) mass is 296 g/mol. The van der Waals surface area contributed by atoms with Crippen molar-refractivity contribution in [1.29, 1.82) is 0 Å². The zero-order chi connectivity index (χ0) is 12.5. The van der Waals surface area contributed by atoms with E-state index in [1.54, 1.807) is 0 Å². The van der Waals surface area contributed by atoms with Crippen molar-refractivity contribution in [2.45, 2.75) is 45.4 Å². The molecule has 1 fully saturated rings. The maximum Gasteiger partial charge on any atom is 1.00 e. The number of thiocarbonyl (C=S) groups is 1. The number of hydrogen-bond donors (Lipinski definition) is 0. The minimum Gasteiger partial charge on any atom is -0.411 e. The Kier molecular flexibility index (Phi) is 12.6. The van der Waals surface area contributed by atoms with Gasteiger partial charge in [0.1, 0.15) is 0 Å². The first-order valence-electron chi connectivity index (χ1n) is 6.92. The molecule has 100 valence electrons. The van der Waals surface area contributed by atoms with Crippen LogP contribution in [0, 0.1) is 0 Å². The van der Waals surface area contributed by atoms with Gasteiger partial charge in [0.25, 0.3) is 0 Å². The van der Waals surface area contributed by atoms with Crippen LogP contribution in [0.15, 0.2) is 0 Å². The summed E-state index contributed by atoms with van der Waals surface area (Å²) in [5, 5.41) is 0. The maximum absolute atomic E-state index is 5.02. The van der Waals surface area contributed by atoms with E-state index in [9.17, 15) is 0 Å². The van der Waals surface area contributed by atoms with Crippen LogP contribution in [0.1, 0.15) is 45.4 Å². The number of piperazine rings is 1. The molecule has 0 aromatic rings. The van der Waals surface area contributed by atoms with Gasteiger partial charge in [0.2, 0.25) is 0 Å². The predicted molar refractivity (Wildman–Crippen MR) is 81.4 cm³/mol. The van der Waals surface area contributed by atoms with E-state index in [0.29, 0.717) is 4.32 Å². The first-order valence-corrected chi connectivity index (χ1v) is 7.74. The van der Waals surface area contributed by atoms with Crippen LogP contribution < -0.4 is 29.6 Å². The molecule has 0 unspecified atom stereocenters. The first kappa shape index (κ1) is 19.1. The van der Waals surface area contributed by atoms with Crippen molar-refractivity contribution in [3.63, 3.8) is 0 Å². The second kappa shape index (κ2) is 11.9. The van der Waals surface area contributed by atoms with Crippen LogP contribution in [0.3, 0.4) is 0 Å². The van der Waals surface area contributed by atoms with Crippen LogP contribution in [0.2, 0.25) is 0 Å². The maximum atomic E-state index is 5.02. The Balaban J connectivity index is 0.00000289. The van der Waals surface area contributed by atoms with Crippen molar-refractivity contribution in [3.05, 3.63) is 0 Å². The normalized spacial score (nSPS) is 16.4. The second-order valence-electron chi connectivity index (χ2n) is 4.86. The third-order valence-corrected chi connectivity index (χ3v) is 3.97. The molecule has 1 aliphatic rings. The van der Waals surface area contributed by atoms with E-state index >= 15 is 0 Å². The molecule has 0 spiro atoms. The summed E-state index contributed by atoms with van der Waals surface area (Å²) in [5.74, 6) is 0. The van der Waals surface area contributed by atoms with Crippen molar-refractivity contribution < 1.29 is 29.6 Å². The summed E-state index contributed by atoms with van der Waals surface area (Å²) in [6, 6.07) is 0. The van der Waals surface area contributed by atoms with Crippen molar-refractivity contribution >= 4 is 29.2 Å². The van der Waals surface area contributed by atoms with Gasteiger partial charge in [-0.05, 0) is 13.0 Å². The van der Waals surface area contributed by atoms with Crippen molar-refractivity contribution in [3.8, 4) is 0 Å². The Bertz CT molecular complexity index is 219. The Hall–Kier alpha value is 1.07. The summed E-state index contributed by atoms with van der Waals surface area (Å²) in [5.41, 5.74) is 0. The van der Waals surface area contributed by atoms with Gasteiger partial charge in [0, 0.05) is 26.2 Å². The summed E-state index contributed by atoms with van der Waals surface area (Å²) in [7, 11) is 0. The molecule has 1 rings (SSSR count). The minimum absolute atomic E-state index is 0. The summed E-state index contributed by atoms with van der Waals surface area (Å²) >= 11 is 10.0. The zero-order valence-corrected chi connectivity index (χ0v) is 15.6. The molecule has 0 saturated carbocycles. The molecule has 0 aromatic heterocycles. The molecule has 18 heavy (non-hydrogen) atoms. The molecule has 0 N–H and O–H groups in total. The predicted octanol–water partition coefficient (Wildman–Crippen LogP) is -0.200. The van der Waals surface area contributed by atoms with Crippen LogP contribution in [0.5, 0.6) is 0 Å². The smallest absolute Gasteiger partial charge is 0.411 e. The van der Waals surface area contributed by atoms with Crippen molar-refractivity contribution in [2.75, 3.05) is 32.7 Å². The SMILES string of the molecule is CCCCCCCCN1CCN(C(=S)[S-])CC1.[Na+].